The molecule has 1 aromatic carbocycles. The maximum absolute atomic E-state index is 12.4. The number of nitrogens with one attached hydrogen (secondary N) is 2. The number of nitrogens with zero attached hydrogens (tertiary/aromatic N) is 1. The Morgan fingerprint density at radius 2 is 1.83 bits per heavy atom. The molecular weight excluding hydrogens is 427 g/mol. The number of carbonyl (C=O) groups excluding carboxylic acids is 4. The predicted octanol–water partition coefficient (Wildman–Crippen LogP) is 2.40. The summed E-state index contributed by atoms with van der Waals surface area (Å²) in [5, 5.41) is 12.4. The molecule has 0 heterocycles. The zero-order valence-electron chi connectivity index (χ0n) is 16.0. The van der Waals surface area contributed by atoms with Crippen LogP contribution in [0.4, 0.5) is 18.9 Å². The predicted molar refractivity (Wildman–Crippen MR) is 104 cm³/mol. The average molecular weight is 449 g/mol. The van der Waals surface area contributed by atoms with Gasteiger partial charge in [-0.3, -0.25) is 24.4 Å². The molecule has 8 nitrogen and oxygen atoms in total. The number of carbonyl (C=O) groups is 4. The molecule has 2 atom stereocenters. The molecule has 166 valence electrons. The minimum atomic E-state index is -5.04. The molecule has 0 saturated heterocycles. The Hall–Kier alpha value is -2.60. The maximum atomic E-state index is 12.4. The number of amides is 3. The molecule has 0 fully saturated rings. The fourth-order valence-electron chi connectivity index (χ4n) is 2.42. The summed E-state index contributed by atoms with van der Waals surface area (Å²) in [5.74, 6) is -4.13. The lowest BCUT2D eigenvalue weighted by atomic mass is 10.0. The monoisotopic (exact) mass is 449 g/mol. The number of Topliss-reactive ketones (excluding diaryl/α,β-unsaturated/α-hetero) is 1. The van der Waals surface area contributed by atoms with Crippen LogP contribution in [0.25, 0.3) is 0 Å². The first kappa shape index (κ1) is 25.4. The fraction of sp³-hybridized carbons (Fsp3) is 0.444. The number of unbranched alkanes of at least 4 members (excludes halogenated alkanes) is 1. The minimum Gasteiger partial charge on any atom is -0.337 e. The standard InChI is InChI=1S/C18H22F3N3O5S/c1-2-3-4-12(9-24(29)10-25)15(27)23-16(30)14(26)11-5-7-13(8-6-11)22-17(28)18(19,20)21/h5-8,10,12,16,29-30H,2-4,9H2,1H3,(H,22,28)(H,23,27). The highest BCUT2D eigenvalue weighted by Crippen LogP contribution is 2.19. The summed E-state index contributed by atoms with van der Waals surface area (Å²) in [5.41, 5.74) is -0.118. The number of hydroxylamine groups is 2. The second kappa shape index (κ2) is 11.6. The molecule has 0 aliphatic carbocycles. The second-order valence-electron chi connectivity index (χ2n) is 6.37. The van der Waals surface area contributed by atoms with Crippen molar-refractivity contribution < 1.29 is 37.6 Å². The molecule has 0 spiro atoms. The molecule has 2 unspecified atom stereocenters. The first-order valence-corrected chi connectivity index (χ1v) is 9.43. The van der Waals surface area contributed by atoms with Gasteiger partial charge in [-0.1, -0.05) is 19.8 Å². The van der Waals surface area contributed by atoms with Gasteiger partial charge in [0.25, 0.3) is 0 Å². The van der Waals surface area contributed by atoms with E-state index in [2.05, 4.69) is 17.9 Å². The number of alkyl halides is 3. The van der Waals surface area contributed by atoms with Crippen LogP contribution in [0.5, 0.6) is 0 Å². The number of halogens is 3. The van der Waals surface area contributed by atoms with Gasteiger partial charge in [-0.25, -0.2) is 5.06 Å². The van der Waals surface area contributed by atoms with Crippen LogP contribution in [0, 0.1) is 5.92 Å². The van der Waals surface area contributed by atoms with Gasteiger partial charge in [0.15, 0.2) is 5.78 Å². The third-order valence-corrected chi connectivity index (χ3v) is 4.38. The van der Waals surface area contributed by atoms with Crippen molar-refractivity contribution in [3.8, 4) is 0 Å². The summed E-state index contributed by atoms with van der Waals surface area (Å²) in [6, 6.07) is 4.58. The molecule has 0 aromatic heterocycles. The van der Waals surface area contributed by atoms with Crippen molar-refractivity contribution in [2.75, 3.05) is 11.9 Å². The Kier molecular flexibility index (Phi) is 9.79. The Bertz CT molecular complexity index is 758. The molecule has 1 rings (SSSR count). The quantitative estimate of drug-likeness (QED) is 0.103. The minimum absolute atomic E-state index is 0.0436. The number of hydrogen-bond acceptors (Lipinski definition) is 6. The molecule has 0 radical (unpaired) electrons. The molecule has 0 aliphatic heterocycles. The number of ketones is 1. The molecule has 1 aromatic rings. The van der Waals surface area contributed by atoms with Crippen molar-refractivity contribution in [2.24, 2.45) is 5.92 Å². The first-order valence-electron chi connectivity index (χ1n) is 8.91. The molecule has 0 saturated carbocycles. The summed E-state index contributed by atoms with van der Waals surface area (Å²) in [4.78, 5) is 46.3. The first-order chi connectivity index (χ1) is 14.0. The van der Waals surface area contributed by atoms with Crippen LogP contribution in [-0.2, 0) is 14.4 Å². The molecule has 30 heavy (non-hydrogen) atoms. The highest BCUT2D eigenvalue weighted by Gasteiger charge is 2.38. The van der Waals surface area contributed by atoms with Crippen LogP contribution in [0.3, 0.4) is 0 Å². The highest BCUT2D eigenvalue weighted by atomic mass is 32.1. The topological polar surface area (TPSA) is 116 Å². The van der Waals surface area contributed by atoms with E-state index in [0.717, 1.165) is 18.6 Å². The lowest BCUT2D eigenvalue weighted by Crippen LogP contribution is -2.43. The van der Waals surface area contributed by atoms with Crippen molar-refractivity contribution in [1.29, 1.82) is 0 Å². The smallest absolute Gasteiger partial charge is 0.337 e. The number of anilines is 1. The van der Waals surface area contributed by atoms with E-state index < -0.39 is 35.1 Å². The van der Waals surface area contributed by atoms with Gasteiger partial charge < -0.3 is 10.6 Å². The second-order valence-corrected chi connectivity index (χ2v) is 6.89. The van der Waals surface area contributed by atoms with E-state index in [1.807, 2.05) is 6.92 Å². The van der Waals surface area contributed by atoms with Gasteiger partial charge in [0.1, 0.15) is 5.37 Å². The number of benzene rings is 1. The third-order valence-electron chi connectivity index (χ3n) is 4.02. The number of rotatable bonds is 11. The Labute approximate surface area is 176 Å². The van der Waals surface area contributed by atoms with E-state index in [-0.39, 0.29) is 24.2 Å². The lowest BCUT2D eigenvalue weighted by Gasteiger charge is -2.21. The molecular formula is C18H22F3N3O5S. The summed E-state index contributed by atoms with van der Waals surface area (Å²) in [6.45, 7) is 1.65. The lowest BCUT2D eigenvalue weighted by molar-refractivity contribution is -0.167. The molecule has 0 aliphatic rings. The van der Waals surface area contributed by atoms with E-state index >= 15 is 0 Å². The van der Waals surface area contributed by atoms with E-state index in [0.29, 0.717) is 17.9 Å². The van der Waals surface area contributed by atoms with Crippen molar-refractivity contribution in [2.45, 2.75) is 37.7 Å². The summed E-state index contributed by atoms with van der Waals surface area (Å²) >= 11 is 4.05. The van der Waals surface area contributed by atoms with Gasteiger partial charge in [-0.05, 0) is 30.7 Å². The van der Waals surface area contributed by atoms with Gasteiger partial charge >= 0.3 is 12.1 Å². The number of hydrogen-bond donors (Lipinski definition) is 4. The van der Waals surface area contributed by atoms with Crippen molar-refractivity contribution in [3.63, 3.8) is 0 Å². The van der Waals surface area contributed by atoms with Crippen molar-refractivity contribution in [3.05, 3.63) is 29.8 Å². The largest absolute Gasteiger partial charge is 0.471 e. The normalized spacial score (nSPS) is 13.1. The number of thiol groups is 1. The summed E-state index contributed by atoms with van der Waals surface area (Å²) < 4.78 is 36.8. The zero-order valence-corrected chi connectivity index (χ0v) is 16.9. The SMILES string of the molecule is CCCCC(CN(O)C=O)C(=O)NC(S)C(=O)c1ccc(NC(=O)C(F)(F)F)cc1. The van der Waals surface area contributed by atoms with E-state index in [9.17, 15) is 37.6 Å². The highest BCUT2D eigenvalue weighted by molar-refractivity contribution is 7.81. The van der Waals surface area contributed by atoms with Crippen LogP contribution < -0.4 is 10.6 Å². The Balaban J connectivity index is 2.76. The van der Waals surface area contributed by atoms with Crippen molar-refractivity contribution >= 4 is 42.3 Å². The van der Waals surface area contributed by atoms with E-state index in [1.165, 1.54) is 12.1 Å². The van der Waals surface area contributed by atoms with Crippen LogP contribution in [0.15, 0.2) is 24.3 Å². The van der Waals surface area contributed by atoms with Gasteiger partial charge in [0.05, 0.1) is 12.5 Å². The van der Waals surface area contributed by atoms with Crippen LogP contribution in [0.2, 0.25) is 0 Å². The summed E-state index contributed by atoms with van der Waals surface area (Å²) in [6.07, 6.45) is -3.08. The Morgan fingerprint density at radius 3 is 2.33 bits per heavy atom. The molecule has 12 heteroatoms. The van der Waals surface area contributed by atoms with Crippen LogP contribution in [0.1, 0.15) is 36.5 Å². The van der Waals surface area contributed by atoms with E-state index in [1.54, 1.807) is 5.32 Å². The molecule has 3 amide bonds. The van der Waals surface area contributed by atoms with E-state index in [4.69, 9.17) is 0 Å². The molecule has 3 N–H and O–H groups in total. The average Bonchev–Trinajstić information content (AvgIpc) is 2.69. The van der Waals surface area contributed by atoms with Crippen LogP contribution >= 0.6 is 12.6 Å². The van der Waals surface area contributed by atoms with Gasteiger partial charge in [-0.2, -0.15) is 13.2 Å². The Morgan fingerprint density at radius 1 is 1.23 bits per heavy atom. The third kappa shape index (κ3) is 8.03. The van der Waals surface area contributed by atoms with Gasteiger partial charge in [0, 0.05) is 11.3 Å². The van der Waals surface area contributed by atoms with Crippen molar-refractivity contribution in [1.82, 2.24) is 10.4 Å². The van der Waals surface area contributed by atoms with Crippen LogP contribution in [-0.4, -0.2) is 52.4 Å². The molecule has 0 bridgehead atoms. The maximum Gasteiger partial charge on any atom is 0.471 e. The van der Waals surface area contributed by atoms with Gasteiger partial charge in [-0.15, -0.1) is 12.6 Å². The zero-order chi connectivity index (χ0) is 22.9. The van der Waals surface area contributed by atoms with Gasteiger partial charge in [0.2, 0.25) is 12.3 Å². The summed E-state index contributed by atoms with van der Waals surface area (Å²) in [7, 11) is 0. The fourth-order valence-corrected chi connectivity index (χ4v) is 2.70.